The first kappa shape index (κ1) is 12.2. The number of anilines is 1. The molecule has 1 saturated heterocycles. The van der Waals surface area contributed by atoms with Gasteiger partial charge in [-0.2, -0.15) is 0 Å². The zero-order valence-electron chi connectivity index (χ0n) is 10.3. The van der Waals surface area contributed by atoms with Gasteiger partial charge in [-0.1, -0.05) is 0 Å². The van der Waals surface area contributed by atoms with Crippen LogP contribution in [-0.2, 0) is 4.74 Å². The van der Waals surface area contributed by atoms with Gasteiger partial charge in [0.2, 0.25) is 0 Å². The molecule has 0 bridgehead atoms. The fourth-order valence-electron chi connectivity index (χ4n) is 1.60. The van der Waals surface area contributed by atoms with Crippen molar-refractivity contribution in [1.82, 2.24) is 9.88 Å². The lowest BCUT2D eigenvalue weighted by molar-refractivity contribution is 0.00818. The molecule has 0 unspecified atom stereocenters. The number of carbonyl (C=O) groups is 1. The third kappa shape index (κ3) is 2.88. The summed E-state index contributed by atoms with van der Waals surface area (Å²) in [6.45, 7) is 6.93. The van der Waals surface area contributed by atoms with E-state index in [0.717, 1.165) is 10.0 Å². The van der Waals surface area contributed by atoms with Crippen LogP contribution in [-0.4, -0.2) is 34.7 Å². The third-order valence-electron chi connectivity index (χ3n) is 2.42. The van der Waals surface area contributed by atoms with E-state index in [-0.39, 0.29) is 6.09 Å². The van der Waals surface area contributed by atoms with Gasteiger partial charge < -0.3 is 15.4 Å². The van der Waals surface area contributed by atoms with Crippen LogP contribution >= 0.6 is 11.3 Å². The molecule has 5 nitrogen and oxygen atoms in total. The summed E-state index contributed by atoms with van der Waals surface area (Å²) in [5.41, 5.74) is 5.19. The van der Waals surface area contributed by atoms with Gasteiger partial charge in [0.25, 0.3) is 0 Å². The second kappa shape index (κ2) is 4.18. The Kier molecular flexibility index (Phi) is 2.99. The molecule has 0 atom stereocenters. The molecule has 0 aromatic carbocycles. The average Bonchev–Trinajstić information content (AvgIpc) is 2.45. The first-order valence-corrected chi connectivity index (χ1v) is 6.36. The number of nitrogens with two attached hydrogens (primary N) is 1. The van der Waals surface area contributed by atoms with Crippen molar-refractivity contribution < 1.29 is 9.53 Å². The van der Waals surface area contributed by atoms with Crippen LogP contribution < -0.4 is 5.73 Å². The number of nitrogens with zero attached hydrogens (tertiary/aromatic N) is 2. The number of aromatic nitrogens is 1. The zero-order chi connectivity index (χ0) is 12.6. The summed E-state index contributed by atoms with van der Waals surface area (Å²) in [6.07, 6.45) is 1.41. The molecule has 1 fully saturated rings. The van der Waals surface area contributed by atoms with Crippen molar-refractivity contribution in [2.45, 2.75) is 32.3 Å². The largest absolute Gasteiger partial charge is 0.444 e. The number of thiazole rings is 1. The molecule has 17 heavy (non-hydrogen) atoms. The van der Waals surface area contributed by atoms with Crippen molar-refractivity contribution in [2.75, 3.05) is 18.8 Å². The van der Waals surface area contributed by atoms with E-state index in [9.17, 15) is 4.79 Å². The Bertz CT molecular complexity index is 419. The lowest BCUT2D eigenvalue weighted by Crippen LogP contribution is -2.50. The standard InChI is InChI=1S/C11H17N3O2S/c1-11(2,3)16-10(15)14-5-7(6-14)9-13-4-8(12)17-9/h4,7H,5-6,12H2,1-3H3. The van der Waals surface area contributed by atoms with Crippen LogP contribution in [0.5, 0.6) is 0 Å². The summed E-state index contributed by atoms with van der Waals surface area (Å²) in [7, 11) is 0. The van der Waals surface area contributed by atoms with Gasteiger partial charge in [-0.3, -0.25) is 0 Å². The Morgan fingerprint density at radius 1 is 1.59 bits per heavy atom. The first-order valence-electron chi connectivity index (χ1n) is 5.54. The number of hydrogen-bond acceptors (Lipinski definition) is 5. The van der Waals surface area contributed by atoms with Crippen molar-refractivity contribution in [3.63, 3.8) is 0 Å². The number of carbonyl (C=O) groups excluding carboxylic acids is 1. The van der Waals surface area contributed by atoms with Crippen molar-refractivity contribution in [2.24, 2.45) is 0 Å². The molecule has 0 aliphatic carbocycles. The molecule has 0 radical (unpaired) electrons. The molecular formula is C11H17N3O2S. The summed E-state index contributed by atoms with van der Waals surface area (Å²) in [5, 5.41) is 1.72. The number of amides is 1. The normalized spacial score (nSPS) is 16.8. The molecule has 94 valence electrons. The van der Waals surface area contributed by atoms with Crippen molar-refractivity contribution in [3.8, 4) is 0 Å². The lowest BCUT2D eigenvalue weighted by Gasteiger charge is -2.38. The highest BCUT2D eigenvalue weighted by molar-refractivity contribution is 7.15. The highest BCUT2D eigenvalue weighted by atomic mass is 32.1. The number of hydrogen-bond donors (Lipinski definition) is 1. The van der Waals surface area contributed by atoms with E-state index >= 15 is 0 Å². The van der Waals surface area contributed by atoms with Gasteiger partial charge >= 0.3 is 6.09 Å². The van der Waals surface area contributed by atoms with Crippen LogP contribution in [0.1, 0.15) is 31.7 Å². The van der Waals surface area contributed by atoms with E-state index in [1.165, 1.54) is 11.3 Å². The van der Waals surface area contributed by atoms with Gasteiger partial charge in [-0.15, -0.1) is 11.3 Å². The molecule has 2 N–H and O–H groups in total. The topological polar surface area (TPSA) is 68.5 Å². The lowest BCUT2D eigenvalue weighted by atomic mass is 10.0. The molecule has 2 heterocycles. The maximum absolute atomic E-state index is 11.7. The van der Waals surface area contributed by atoms with Gasteiger partial charge in [0.1, 0.15) is 15.6 Å². The van der Waals surface area contributed by atoms with Crippen LogP contribution in [0, 0.1) is 0 Å². The fraction of sp³-hybridized carbons (Fsp3) is 0.636. The quantitative estimate of drug-likeness (QED) is 0.834. The summed E-state index contributed by atoms with van der Waals surface area (Å²) in [4.78, 5) is 17.6. The highest BCUT2D eigenvalue weighted by Gasteiger charge is 2.35. The number of ether oxygens (including phenoxy) is 1. The molecule has 1 amide bonds. The second-order valence-electron chi connectivity index (χ2n) is 5.18. The number of nitrogen functional groups attached to an aromatic ring is 1. The van der Waals surface area contributed by atoms with E-state index in [1.54, 1.807) is 11.1 Å². The predicted molar refractivity (Wildman–Crippen MR) is 67.1 cm³/mol. The van der Waals surface area contributed by atoms with E-state index in [4.69, 9.17) is 10.5 Å². The summed E-state index contributed by atoms with van der Waals surface area (Å²) >= 11 is 1.49. The van der Waals surface area contributed by atoms with Crippen molar-refractivity contribution in [1.29, 1.82) is 0 Å². The van der Waals surface area contributed by atoms with Crippen LogP contribution in [0.4, 0.5) is 9.80 Å². The summed E-state index contributed by atoms with van der Waals surface area (Å²) in [6, 6.07) is 0. The fourth-order valence-corrected chi connectivity index (χ4v) is 2.37. The van der Waals surface area contributed by atoms with E-state index < -0.39 is 5.60 Å². The smallest absolute Gasteiger partial charge is 0.410 e. The van der Waals surface area contributed by atoms with Gasteiger partial charge in [-0.25, -0.2) is 9.78 Å². The van der Waals surface area contributed by atoms with Crippen LogP contribution in [0.3, 0.4) is 0 Å². The maximum Gasteiger partial charge on any atom is 0.410 e. The monoisotopic (exact) mass is 255 g/mol. The molecular weight excluding hydrogens is 238 g/mol. The minimum absolute atomic E-state index is 0.252. The van der Waals surface area contributed by atoms with Crippen LogP contribution in [0.15, 0.2) is 6.20 Å². The van der Waals surface area contributed by atoms with Crippen molar-refractivity contribution in [3.05, 3.63) is 11.2 Å². The van der Waals surface area contributed by atoms with Crippen LogP contribution in [0.25, 0.3) is 0 Å². The SMILES string of the molecule is CC(C)(C)OC(=O)N1CC(c2ncc(N)s2)C1. The predicted octanol–water partition coefficient (Wildman–Crippen LogP) is 2.06. The minimum atomic E-state index is -0.437. The van der Waals surface area contributed by atoms with Gasteiger partial charge in [-0.05, 0) is 20.8 Å². The van der Waals surface area contributed by atoms with Gasteiger partial charge in [0, 0.05) is 19.0 Å². The molecule has 0 saturated carbocycles. The molecule has 0 spiro atoms. The van der Waals surface area contributed by atoms with Crippen molar-refractivity contribution >= 4 is 22.4 Å². The number of likely N-dealkylation sites (tertiary alicyclic amines) is 1. The number of rotatable bonds is 1. The molecule has 2 rings (SSSR count). The maximum atomic E-state index is 11.7. The second-order valence-corrected chi connectivity index (χ2v) is 6.28. The molecule has 6 heteroatoms. The summed E-state index contributed by atoms with van der Waals surface area (Å²) < 4.78 is 5.28. The molecule has 1 aliphatic heterocycles. The van der Waals surface area contributed by atoms with Gasteiger partial charge in [0.05, 0.1) is 6.20 Å². The van der Waals surface area contributed by atoms with E-state index in [2.05, 4.69) is 4.98 Å². The third-order valence-corrected chi connectivity index (χ3v) is 3.41. The summed E-state index contributed by atoms with van der Waals surface area (Å²) in [5.74, 6) is 0.310. The van der Waals surface area contributed by atoms with E-state index in [1.807, 2.05) is 20.8 Å². The van der Waals surface area contributed by atoms with Gasteiger partial charge in [0.15, 0.2) is 0 Å². The average molecular weight is 255 g/mol. The Balaban J connectivity index is 1.85. The Morgan fingerprint density at radius 3 is 2.71 bits per heavy atom. The first-order chi connectivity index (χ1) is 7.85. The Morgan fingerprint density at radius 2 is 2.24 bits per heavy atom. The Hall–Kier alpha value is -1.30. The minimum Gasteiger partial charge on any atom is -0.444 e. The molecule has 1 aliphatic rings. The highest BCUT2D eigenvalue weighted by Crippen LogP contribution is 2.31. The Labute approximate surface area is 105 Å². The zero-order valence-corrected chi connectivity index (χ0v) is 11.1. The van der Waals surface area contributed by atoms with E-state index in [0.29, 0.717) is 19.0 Å². The van der Waals surface area contributed by atoms with Crippen LogP contribution in [0.2, 0.25) is 0 Å². The molecule has 1 aromatic heterocycles. The molecule has 1 aromatic rings.